The first kappa shape index (κ1) is 11.1. The SMILES string of the molecule is O=c1cc2c(Cl)cccc2c(-c2ccccc2)[nH]1. The van der Waals surface area contributed by atoms with Crippen LogP contribution in [0.5, 0.6) is 0 Å². The van der Waals surface area contributed by atoms with E-state index < -0.39 is 0 Å². The Balaban J connectivity index is 2.43. The van der Waals surface area contributed by atoms with Crippen LogP contribution in [-0.2, 0) is 0 Å². The molecule has 88 valence electrons. The maximum atomic E-state index is 11.7. The van der Waals surface area contributed by atoms with E-state index in [1.807, 2.05) is 42.5 Å². The van der Waals surface area contributed by atoms with E-state index in [-0.39, 0.29) is 5.56 Å². The molecule has 0 spiro atoms. The van der Waals surface area contributed by atoms with E-state index in [9.17, 15) is 4.79 Å². The summed E-state index contributed by atoms with van der Waals surface area (Å²) in [5.74, 6) is 0. The molecule has 1 heterocycles. The molecule has 1 N–H and O–H groups in total. The van der Waals surface area contributed by atoms with Crippen molar-refractivity contribution in [2.24, 2.45) is 0 Å². The quantitative estimate of drug-likeness (QED) is 0.704. The summed E-state index contributed by atoms with van der Waals surface area (Å²) in [5.41, 5.74) is 1.64. The molecule has 2 aromatic carbocycles. The molecule has 3 aromatic rings. The number of H-pyrrole nitrogens is 1. The third kappa shape index (κ3) is 1.81. The van der Waals surface area contributed by atoms with Gasteiger partial charge in [-0.2, -0.15) is 0 Å². The van der Waals surface area contributed by atoms with Crippen LogP contribution in [0.1, 0.15) is 0 Å². The standard InChI is InChI=1S/C15H10ClNO/c16-13-8-4-7-11-12(13)9-14(18)17-15(11)10-5-2-1-3-6-10/h1-9H,(H,17,18). The summed E-state index contributed by atoms with van der Waals surface area (Å²) in [5, 5.41) is 2.32. The van der Waals surface area contributed by atoms with Crippen LogP contribution in [0, 0.1) is 0 Å². The molecule has 0 radical (unpaired) electrons. The number of hydrogen-bond acceptors (Lipinski definition) is 1. The fourth-order valence-corrected chi connectivity index (χ4v) is 2.32. The van der Waals surface area contributed by atoms with Crippen molar-refractivity contribution in [1.82, 2.24) is 4.98 Å². The van der Waals surface area contributed by atoms with Gasteiger partial charge in [0.1, 0.15) is 0 Å². The van der Waals surface area contributed by atoms with Gasteiger partial charge in [-0.3, -0.25) is 4.79 Å². The lowest BCUT2D eigenvalue weighted by molar-refractivity contribution is 1.27. The topological polar surface area (TPSA) is 32.9 Å². The second kappa shape index (κ2) is 4.31. The van der Waals surface area contributed by atoms with Gasteiger partial charge in [-0.15, -0.1) is 0 Å². The minimum absolute atomic E-state index is 0.144. The molecule has 0 bridgehead atoms. The lowest BCUT2D eigenvalue weighted by Crippen LogP contribution is -2.05. The Kier molecular flexibility index (Phi) is 2.65. The Bertz CT molecular complexity index is 762. The van der Waals surface area contributed by atoms with Crippen LogP contribution in [0.4, 0.5) is 0 Å². The van der Waals surface area contributed by atoms with Crippen molar-refractivity contribution in [1.29, 1.82) is 0 Å². The number of fused-ring (bicyclic) bond motifs is 1. The zero-order valence-corrected chi connectivity index (χ0v) is 10.2. The van der Waals surface area contributed by atoms with E-state index in [0.29, 0.717) is 5.02 Å². The Morgan fingerprint density at radius 3 is 2.44 bits per heavy atom. The highest BCUT2D eigenvalue weighted by Gasteiger charge is 2.07. The third-order valence-electron chi connectivity index (χ3n) is 2.91. The van der Waals surface area contributed by atoms with Crippen LogP contribution in [0.15, 0.2) is 59.4 Å². The Morgan fingerprint density at radius 1 is 0.889 bits per heavy atom. The highest BCUT2D eigenvalue weighted by Crippen LogP contribution is 2.29. The lowest BCUT2D eigenvalue weighted by atomic mass is 10.0. The van der Waals surface area contributed by atoms with Crippen molar-refractivity contribution in [3.63, 3.8) is 0 Å². The molecule has 18 heavy (non-hydrogen) atoms. The lowest BCUT2D eigenvalue weighted by Gasteiger charge is -2.07. The molecule has 0 fully saturated rings. The minimum atomic E-state index is -0.144. The van der Waals surface area contributed by atoms with Crippen molar-refractivity contribution in [2.45, 2.75) is 0 Å². The van der Waals surface area contributed by atoms with E-state index in [1.165, 1.54) is 6.07 Å². The number of pyridine rings is 1. The Hall–Kier alpha value is -2.06. The van der Waals surface area contributed by atoms with Crippen molar-refractivity contribution in [2.75, 3.05) is 0 Å². The average Bonchev–Trinajstić information content (AvgIpc) is 2.40. The van der Waals surface area contributed by atoms with Gasteiger partial charge in [-0.1, -0.05) is 54.1 Å². The van der Waals surface area contributed by atoms with Crippen LogP contribution in [0.25, 0.3) is 22.0 Å². The molecule has 1 aromatic heterocycles. The molecule has 0 aliphatic rings. The second-order valence-corrected chi connectivity index (χ2v) is 4.48. The number of hydrogen-bond donors (Lipinski definition) is 1. The third-order valence-corrected chi connectivity index (χ3v) is 3.24. The molecule has 3 rings (SSSR count). The molecule has 2 nitrogen and oxygen atoms in total. The molecule has 0 amide bonds. The Labute approximate surface area is 109 Å². The van der Waals surface area contributed by atoms with E-state index in [1.54, 1.807) is 6.07 Å². The molecule has 0 aliphatic heterocycles. The zero-order valence-electron chi connectivity index (χ0n) is 9.48. The molecule has 0 aliphatic carbocycles. The van der Waals surface area contributed by atoms with Gasteiger partial charge < -0.3 is 4.98 Å². The Morgan fingerprint density at radius 2 is 1.67 bits per heavy atom. The maximum absolute atomic E-state index is 11.7. The monoisotopic (exact) mass is 255 g/mol. The fourth-order valence-electron chi connectivity index (χ4n) is 2.09. The molecule has 0 saturated heterocycles. The van der Waals surface area contributed by atoms with Gasteiger partial charge in [0.15, 0.2) is 0 Å². The van der Waals surface area contributed by atoms with E-state index >= 15 is 0 Å². The van der Waals surface area contributed by atoms with Gasteiger partial charge in [-0.25, -0.2) is 0 Å². The second-order valence-electron chi connectivity index (χ2n) is 4.08. The normalized spacial score (nSPS) is 10.7. The van der Waals surface area contributed by atoms with Crippen molar-refractivity contribution < 1.29 is 0 Å². The molecule has 3 heteroatoms. The largest absolute Gasteiger partial charge is 0.321 e. The van der Waals surface area contributed by atoms with Gasteiger partial charge in [0.25, 0.3) is 0 Å². The van der Waals surface area contributed by atoms with E-state index in [4.69, 9.17) is 11.6 Å². The van der Waals surface area contributed by atoms with Gasteiger partial charge in [0.2, 0.25) is 5.56 Å². The maximum Gasteiger partial charge on any atom is 0.249 e. The summed E-state index contributed by atoms with van der Waals surface area (Å²) < 4.78 is 0. The molecule has 0 atom stereocenters. The van der Waals surface area contributed by atoms with Gasteiger partial charge in [0.05, 0.1) is 5.69 Å². The summed E-state index contributed by atoms with van der Waals surface area (Å²) in [4.78, 5) is 14.6. The fraction of sp³-hybridized carbons (Fsp3) is 0. The van der Waals surface area contributed by atoms with Crippen molar-refractivity contribution >= 4 is 22.4 Å². The number of benzene rings is 2. The summed E-state index contributed by atoms with van der Waals surface area (Å²) >= 11 is 6.14. The minimum Gasteiger partial charge on any atom is -0.321 e. The molecule has 0 saturated carbocycles. The van der Waals surface area contributed by atoms with Crippen molar-refractivity contribution in [3.8, 4) is 11.3 Å². The van der Waals surface area contributed by atoms with Gasteiger partial charge >= 0.3 is 0 Å². The van der Waals surface area contributed by atoms with E-state index in [2.05, 4.69) is 4.98 Å². The summed E-state index contributed by atoms with van der Waals surface area (Å²) in [6.07, 6.45) is 0. The zero-order chi connectivity index (χ0) is 12.5. The predicted octanol–water partition coefficient (Wildman–Crippen LogP) is 3.85. The van der Waals surface area contributed by atoms with Crippen LogP contribution in [-0.4, -0.2) is 4.98 Å². The van der Waals surface area contributed by atoms with Gasteiger partial charge in [-0.05, 0) is 11.6 Å². The number of aromatic nitrogens is 1. The predicted molar refractivity (Wildman–Crippen MR) is 75.0 cm³/mol. The van der Waals surface area contributed by atoms with Gasteiger partial charge in [0, 0.05) is 21.9 Å². The summed E-state index contributed by atoms with van der Waals surface area (Å²) in [7, 11) is 0. The highest BCUT2D eigenvalue weighted by molar-refractivity contribution is 6.35. The van der Waals surface area contributed by atoms with Crippen molar-refractivity contribution in [3.05, 3.63) is 70.0 Å². The van der Waals surface area contributed by atoms with Crippen LogP contribution >= 0.6 is 11.6 Å². The highest BCUT2D eigenvalue weighted by atomic mass is 35.5. The molecular formula is C15H10ClNO. The van der Waals surface area contributed by atoms with Crippen LogP contribution in [0.3, 0.4) is 0 Å². The number of halogens is 1. The van der Waals surface area contributed by atoms with Crippen LogP contribution < -0.4 is 5.56 Å². The summed E-state index contributed by atoms with van der Waals surface area (Å²) in [6.45, 7) is 0. The average molecular weight is 256 g/mol. The molecule has 0 unspecified atom stereocenters. The first-order valence-corrected chi connectivity index (χ1v) is 6.00. The number of nitrogens with one attached hydrogen (secondary N) is 1. The number of aromatic amines is 1. The first-order chi connectivity index (χ1) is 8.75. The smallest absolute Gasteiger partial charge is 0.249 e. The summed E-state index contributed by atoms with van der Waals surface area (Å²) in [6, 6.07) is 16.9. The van der Waals surface area contributed by atoms with Crippen LogP contribution in [0.2, 0.25) is 5.02 Å². The number of rotatable bonds is 1. The van der Waals surface area contributed by atoms with E-state index in [0.717, 1.165) is 22.0 Å². The first-order valence-electron chi connectivity index (χ1n) is 5.63. The molecular weight excluding hydrogens is 246 g/mol.